The van der Waals surface area contributed by atoms with Gasteiger partial charge in [0.2, 0.25) is 0 Å². The van der Waals surface area contributed by atoms with Gasteiger partial charge in [-0.1, -0.05) is 23.2 Å². The minimum Gasteiger partial charge on any atom is -0.192 e. The summed E-state index contributed by atoms with van der Waals surface area (Å²) in [5.74, 6) is 0.253. The lowest BCUT2D eigenvalue weighted by atomic mass is 10.2. The largest absolute Gasteiger partial charge is 0.192 e. The standard InChI is InChI=1S/C8H4Cl3N/c9-3-6-7(10)1-5(4-12)2-8(6)11/h1-2H,3H2. The number of benzene rings is 1. The molecule has 0 aliphatic heterocycles. The molecule has 1 aromatic carbocycles. The lowest BCUT2D eigenvalue weighted by Crippen LogP contribution is -1.84. The van der Waals surface area contributed by atoms with Crippen molar-refractivity contribution in [1.29, 1.82) is 5.26 Å². The summed E-state index contributed by atoms with van der Waals surface area (Å²) in [6, 6.07) is 5.04. The van der Waals surface area contributed by atoms with E-state index in [1.54, 1.807) is 12.1 Å². The number of halogens is 3. The number of nitrogens with zero attached hydrogens (tertiary/aromatic N) is 1. The topological polar surface area (TPSA) is 23.8 Å². The number of nitriles is 1. The Morgan fingerprint density at radius 1 is 1.25 bits per heavy atom. The summed E-state index contributed by atoms with van der Waals surface area (Å²) in [5, 5.41) is 9.43. The lowest BCUT2D eigenvalue weighted by molar-refractivity contribution is 1.38. The predicted molar refractivity (Wildman–Crippen MR) is 50.7 cm³/mol. The second-order valence-corrected chi connectivity index (χ2v) is 3.25. The van der Waals surface area contributed by atoms with Gasteiger partial charge in [0.15, 0.2) is 0 Å². The predicted octanol–water partition coefficient (Wildman–Crippen LogP) is 3.60. The van der Waals surface area contributed by atoms with Gasteiger partial charge in [0.05, 0.1) is 17.5 Å². The molecule has 0 N–H and O–H groups in total. The van der Waals surface area contributed by atoms with Crippen LogP contribution in [0.3, 0.4) is 0 Å². The first kappa shape index (κ1) is 9.67. The van der Waals surface area contributed by atoms with E-state index in [-0.39, 0.29) is 5.88 Å². The van der Waals surface area contributed by atoms with Crippen molar-refractivity contribution in [3.63, 3.8) is 0 Å². The van der Waals surface area contributed by atoms with Crippen molar-refractivity contribution in [2.24, 2.45) is 0 Å². The van der Waals surface area contributed by atoms with Gasteiger partial charge in [-0.3, -0.25) is 0 Å². The highest BCUT2D eigenvalue weighted by Crippen LogP contribution is 2.27. The maximum absolute atomic E-state index is 8.55. The van der Waals surface area contributed by atoms with Crippen LogP contribution in [0.2, 0.25) is 10.0 Å². The highest BCUT2D eigenvalue weighted by atomic mass is 35.5. The molecule has 0 unspecified atom stereocenters. The van der Waals surface area contributed by atoms with Crippen LogP contribution >= 0.6 is 34.8 Å². The van der Waals surface area contributed by atoms with Gasteiger partial charge in [-0.15, -0.1) is 11.6 Å². The van der Waals surface area contributed by atoms with Crippen LogP contribution < -0.4 is 0 Å². The van der Waals surface area contributed by atoms with E-state index in [4.69, 9.17) is 40.1 Å². The molecule has 1 rings (SSSR count). The normalized spacial score (nSPS) is 9.50. The van der Waals surface area contributed by atoms with Crippen LogP contribution in [0.25, 0.3) is 0 Å². The van der Waals surface area contributed by atoms with Gasteiger partial charge in [-0.05, 0) is 12.1 Å². The minimum atomic E-state index is 0.253. The summed E-state index contributed by atoms with van der Waals surface area (Å²) in [6.07, 6.45) is 0. The molecule has 0 radical (unpaired) electrons. The highest BCUT2D eigenvalue weighted by molar-refractivity contribution is 6.37. The molecule has 0 aliphatic rings. The molecule has 0 heterocycles. The number of alkyl halides is 1. The van der Waals surface area contributed by atoms with Crippen molar-refractivity contribution in [2.45, 2.75) is 5.88 Å². The zero-order chi connectivity index (χ0) is 9.14. The molecule has 0 saturated carbocycles. The molecule has 0 aliphatic carbocycles. The molecule has 0 amide bonds. The van der Waals surface area contributed by atoms with E-state index in [9.17, 15) is 0 Å². The van der Waals surface area contributed by atoms with Gasteiger partial charge in [0, 0.05) is 15.6 Å². The Hall–Kier alpha value is -0.420. The van der Waals surface area contributed by atoms with Crippen LogP contribution in [0, 0.1) is 11.3 Å². The van der Waals surface area contributed by atoms with Crippen LogP contribution in [-0.2, 0) is 5.88 Å². The average molecular weight is 220 g/mol. The van der Waals surface area contributed by atoms with E-state index in [1.807, 2.05) is 6.07 Å². The Balaban J connectivity index is 3.30. The monoisotopic (exact) mass is 219 g/mol. The van der Waals surface area contributed by atoms with E-state index in [2.05, 4.69) is 0 Å². The summed E-state index contributed by atoms with van der Waals surface area (Å²) in [5.41, 5.74) is 1.11. The molecule has 62 valence electrons. The summed E-state index contributed by atoms with van der Waals surface area (Å²) in [7, 11) is 0. The summed E-state index contributed by atoms with van der Waals surface area (Å²) in [6.45, 7) is 0. The quantitative estimate of drug-likeness (QED) is 0.663. The Morgan fingerprint density at radius 2 is 1.75 bits per heavy atom. The van der Waals surface area contributed by atoms with Crippen LogP contribution in [0.4, 0.5) is 0 Å². The van der Waals surface area contributed by atoms with Crippen LogP contribution in [-0.4, -0.2) is 0 Å². The Morgan fingerprint density at radius 3 is 2.08 bits per heavy atom. The van der Waals surface area contributed by atoms with Gasteiger partial charge in [0.1, 0.15) is 0 Å². The van der Waals surface area contributed by atoms with E-state index in [0.29, 0.717) is 21.2 Å². The smallest absolute Gasteiger partial charge is 0.0992 e. The molecule has 0 spiro atoms. The molecule has 0 bridgehead atoms. The van der Waals surface area contributed by atoms with Gasteiger partial charge in [-0.25, -0.2) is 0 Å². The Bertz CT molecular complexity index is 318. The third-order valence-corrected chi connectivity index (χ3v) is 2.35. The molecule has 12 heavy (non-hydrogen) atoms. The van der Waals surface area contributed by atoms with E-state index in [1.165, 1.54) is 0 Å². The second kappa shape index (κ2) is 4.00. The summed E-state index contributed by atoms with van der Waals surface area (Å²) < 4.78 is 0. The molecule has 1 aromatic rings. The zero-order valence-electron chi connectivity index (χ0n) is 5.94. The fourth-order valence-electron chi connectivity index (χ4n) is 0.795. The van der Waals surface area contributed by atoms with E-state index < -0.39 is 0 Å². The third kappa shape index (κ3) is 1.84. The third-order valence-electron chi connectivity index (χ3n) is 1.40. The van der Waals surface area contributed by atoms with Crippen LogP contribution in [0.1, 0.15) is 11.1 Å². The van der Waals surface area contributed by atoms with Crippen molar-refractivity contribution in [3.05, 3.63) is 33.3 Å². The van der Waals surface area contributed by atoms with E-state index in [0.717, 1.165) is 0 Å². The van der Waals surface area contributed by atoms with Gasteiger partial charge < -0.3 is 0 Å². The van der Waals surface area contributed by atoms with Gasteiger partial charge in [0.25, 0.3) is 0 Å². The number of hydrogen-bond acceptors (Lipinski definition) is 1. The minimum absolute atomic E-state index is 0.253. The Kier molecular flexibility index (Phi) is 3.22. The first-order chi connectivity index (χ1) is 5.69. The molecule has 1 nitrogen and oxygen atoms in total. The van der Waals surface area contributed by atoms with Crippen molar-refractivity contribution in [1.82, 2.24) is 0 Å². The first-order valence-electron chi connectivity index (χ1n) is 3.13. The maximum Gasteiger partial charge on any atom is 0.0992 e. The maximum atomic E-state index is 8.55. The molecular weight excluding hydrogens is 216 g/mol. The van der Waals surface area contributed by atoms with E-state index >= 15 is 0 Å². The first-order valence-corrected chi connectivity index (χ1v) is 4.42. The summed E-state index contributed by atoms with van der Waals surface area (Å²) in [4.78, 5) is 0. The highest BCUT2D eigenvalue weighted by Gasteiger charge is 2.06. The second-order valence-electron chi connectivity index (χ2n) is 2.16. The van der Waals surface area contributed by atoms with Gasteiger partial charge in [-0.2, -0.15) is 5.26 Å². The molecular formula is C8H4Cl3N. The lowest BCUT2D eigenvalue weighted by Gasteiger charge is -2.02. The molecule has 4 heteroatoms. The van der Waals surface area contributed by atoms with Crippen molar-refractivity contribution < 1.29 is 0 Å². The Labute approximate surface area is 85.5 Å². The van der Waals surface area contributed by atoms with Crippen molar-refractivity contribution in [2.75, 3.05) is 0 Å². The molecule has 0 saturated heterocycles. The molecule has 0 fully saturated rings. The zero-order valence-corrected chi connectivity index (χ0v) is 8.21. The average Bonchev–Trinajstić information content (AvgIpc) is 2.03. The summed E-state index contributed by atoms with van der Waals surface area (Å²) >= 11 is 17.2. The molecule has 0 atom stereocenters. The van der Waals surface area contributed by atoms with Crippen molar-refractivity contribution >= 4 is 34.8 Å². The SMILES string of the molecule is N#Cc1cc(Cl)c(CCl)c(Cl)c1. The van der Waals surface area contributed by atoms with Gasteiger partial charge >= 0.3 is 0 Å². The fourth-order valence-corrected chi connectivity index (χ4v) is 1.84. The van der Waals surface area contributed by atoms with Crippen molar-refractivity contribution in [3.8, 4) is 6.07 Å². The molecule has 0 aromatic heterocycles. The number of rotatable bonds is 1. The number of hydrogen-bond donors (Lipinski definition) is 0. The van der Waals surface area contributed by atoms with Crippen LogP contribution in [0.5, 0.6) is 0 Å². The van der Waals surface area contributed by atoms with Crippen LogP contribution in [0.15, 0.2) is 12.1 Å². The fraction of sp³-hybridized carbons (Fsp3) is 0.125.